The minimum absolute atomic E-state index is 0.128. The molecule has 0 radical (unpaired) electrons. The van der Waals surface area contributed by atoms with Crippen LogP contribution in [0.25, 0.3) is 21.3 Å². The zero-order chi connectivity index (χ0) is 18.5. The molecule has 3 rings (SSSR count). The van der Waals surface area contributed by atoms with Crippen LogP contribution in [0.3, 0.4) is 0 Å². The number of hydrogen-bond donors (Lipinski definition) is 1. The molecule has 134 valence electrons. The number of ether oxygens (including phenoxy) is 1. The summed E-state index contributed by atoms with van der Waals surface area (Å²) in [7, 11) is 0. The molecular formula is C18H17ClN4O2S. The van der Waals surface area contributed by atoms with Gasteiger partial charge in [-0.3, -0.25) is 10.2 Å². The molecule has 0 aliphatic carbocycles. The monoisotopic (exact) mass is 388 g/mol. The van der Waals surface area contributed by atoms with Crippen molar-refractivity contribution in [2.75, 3.05) is 12.0 Å². The van der Waals surface area contributed by atoms with Gasteiger partial charge < -0.3 is 4.74 Å². The van der Waals surface area contributed by atoms with Gasteiger partial charge in [0.05, 0.1) is 18.4 Å². The predicted octanol–water partition coefficient (Wildman–Crippen LogP) is 4.75. The van der Waals surface area contributed by atoms with Gasteiger partial charge >= 0.3 is 5.97 Å². The second kappa shape index (κ2) is 8.25. The first-order chi connectivity index (χ1) is 12.6. The lowest BCUT2D eigenvalue weighted by molar-refractivity contribution is -0.141. The Bertz CT molecular complexity index is 953. The van der Waals surface area contributed by atoms with Gasteiger partial charge in [-0.05, 0) is 31.5 Å². The van der Waals surface area contributed by atoms with Gasteiger partial charge in [0, 0.05) is 21.7 Å². The van der Waals surface area contributed by atoms with E-state index in [0.29, 0.717) is 23.2 Å². The van der Waals surface area contributed by atoms with E-state index >= 15 is 0 Å². The molecule has 0 aliphatic rings. The van der Waals surface area contributed by atoms with Gasteiger partial charge in [0.2, 0.25) is 0 Å². The van der Waals surface area contributed by atoms with Crippen LogP contribution in [0, 0.1) is 0 Å². The normalized spacial score (nSPS) is 11.6. The molecule has 0 aliphatic heterocycles. The zero-order valence-corrected chi connectivity index (χ0v) is 15.9. The summed E-state index contributed by atoms with van der Waals surface area (Å²) in [5, 5.41) is 7.85. The molecule has 8 heteroatoms. The number of carbonyl (C=O) groups is 1. The Balaban J connectivity index is 1.90. The quantitative estimate of drug-likeness (QED) is 0.374. The highest BCUT2D eigenvalue weighted by atomic mass is 35.5. The van der Waals surface area contributed by atoms with Crippen LogP contribution < -0.4 is 5.43 Å². The van der Waals surface area contributed by atoms with Crippen molar-refractivity contribution < 1.29 is 9.53 Å². The molecule has 0 saturated heterocycles. The summed E-state index contributed by atoms with van der Waals surface area (Å²) < 4.78 is 4.93. The Kier molecular flexibility index (Phi) is 5.80. The van der Waals surface area contributed by atoms with E-state index in [1.807, 2.05) is 29.6 Å². The van der Waals surface area contributed by atoms with Gasteiger partial charge in [-0.15, -0.1) is 11.3 Å². The van der Waals surface area contributed by atoms with Crippen molar-refractivity contribution in [3.05, 3.63) is 41.0 Å². The van der Waals surface area contributed by atoms with Crippen LogP contribution in [-0.2, 0) is 9.53 Å². The summed E-state index contributed by atoms with van der Waals surface area (Å²) in [4.78, 5) is 21.0. The largest absolute Gasteiger partial charge is 0.466 e. The number of halogens is 1. The van der Waals surface area contributed by atoms with Crippen LogP contribution in [0.4, 0.5) is 5.82 Å². The lowest BCUT2D eigenvalue weighted by Gasteiger charge is -2.06. The highest BCUT2D eigenvalue weighted by Crippen LogP contribution is 2.36. The number of fused-ring (bicyclic) bond motifs is 1. The molecule has 0 spiro atoms. The first-order valence-corrected chi connectivity index (χ1v) is 9.27. The van der Waals surface area contributed by atoms with E-state index in [9.17, 15) is 4.79 Å². The molecule has 0 bridgehead atoms. The third-order valence-corrected chi connectivity index (χ3v) is 4.72. The number of nitrogens with one attached hydrogen (secondary N) is 1. The molecule has 0 amide bonds. The van der Waals surface area contributed by atoms with Crippen molar-refractivity contribution >= 4 is 50.7 Å². The van der Waals surface area contributed by atoms with Gasteiger partial charge in [0.25, 0.3) is 0 Å². The Morgan fingerprint density at radius 3 is 2.81 bits per heavy atom. The molecule has 0 unspecified atom stereocenters. The molecule has 0 fully saturated rings. The van der Waals surface area contributed by atoms with E-state index in [2.05, 4.69) is 20.5 Å². The summed E-state index contributed by atoms with van der Waals surface area (Å²) in [6, 6.07) is 7.60. The Labute approximate surface area is 159 Å². The van der Waals surface area contributed by atoms with Crippen molar-refractivity contribution in [3.63, 3.8) is 0 Å². The van der Waals surface area contributed by atoms with Gasteiger partial charge in [-0.2, -0.15) is 5.10 Å². The van der Waals surface area contributed by atoms with Crippen molar-refractivity contribution in [1.82, 2.24) is 9.97 Å². The molecule has 3 aromatic rings. The maximum Gasteiger partial charge on any atom is 0.311 e. The number of carbonyl (C=O) groups excluding carboxylic acids is 1. The maximum absolute atomic E-state index is 11.5. The van der Waals surface area contributed by atoms with Crippen molar-refractivity contribution in [2.45, 2.75) is 20.3 Å². The lowest BCUT2D eigenvalue weighted by Crippen LogP contribution is -2.10. The average molecular weight is 389 g/mol. The molecule has 6 nitrogen and oxygen atoms in total. The van der Waals surface area contributed by atoms with Gasteiger partial charge in [0.15, 0.2) is 5.82 Å². The fourth-order valence-corrected chi connectivity index (χ4v) is 3.45. The smallest absolute Gasteiger partial charge is 0.311 e. The minimum Gasteiger partial charge on any atom is -0.466 e. The van der Waals surface area contributed by atoms with E-state index in [4.69, 9.17) is 16.3 Å². The number of aromatic nitrogens is 2. The molecule has 0 saturated carbocycles. The number of anilines is 1. The summed E-state index contributed by atoms with van der Waals surface area (Å²) in [5.41, 5.74) is 5.58. The first kappa shape index (κ1) is 18.3. The molecule has 0 atom stereocenters. The van der Waals surface area contributed by atoms with Crippen molar-refractivity contribution in [2.24, 2.45) is 5.10 Å². The number of esters is 1. The van der Waals surface area contributed by atoms with E-state index in [-0.39, 0.29) is 12.4 Å². The molecule has 2 aromatic heterocycles. The third-order valence-electron chi connectivity index (χ3n) is 3.58. The number of hydrazone groups is 1. The minimum atomic E-state index is -0.305. The summed E-state index contributed by atoms with van der Waals surface area (Å²) in [6.45, 7) is 3.89. The van der Waals surface area contributed by atoms with E-state index < -0.39 is 0 Å². The molecule has 2 heterocycles. The Morgan fingerprint density at radius 1 is 1.31 bits per heavy atom. The number of thiophene rings is 1. The highest BCUT2D eigenvalue weighted by molar-refractivity contribution is 7.17. The summed E-state index contributed by atoms with van der Waals surface area (Å²) in [5.74, 6) is 0.283. The van der Waals surface area contributed by atoms with Crippen LogP contribution in [0.1, 0.15) is 20.3 Å². The average Bonchev–Trinajstić information content (AvgIpc) is 3.05. The Hall–Kier alpha value is -2.51. The topological polar surface area (TPSA) is 76.5 Å². The molecule has 1 N–H and O–H groups in total. The molecule has 26 heavy (non-hydrogen) atoms. The second-order valence-corrected chi connectivity index (χ2v) is 6.79. The van der Waals surface area contributed by atoms with Crippen LogP contribution in [0.5, 0.6) is 0 Å². The maximum atomic E-state index is 11.5. The zero-order valence-electron chi connectivity index (χ0n) is 14.3. The SMILES string of the molecule is CCOC(=O)C/C(C)=N/Nc1ncnc2scc(-c3ccc(Cl)cc3)c12. The second-order valence-electron chi connectivity index (χ2n) is 5.50. The van der Waals surface area contributed by atoms with Crippen molar-refractivity contribution in [1.29, 1.82) is 0 Å². The number of benzene rings is 1. The van der Waals surface area contributed by atoms with Gasteiger partial charge in [-0.25, -0.2) is 9.97 Å². The predicted molar refractivity (Wildman–Crippen MR) is 106 cm³/mol. The standard InChI is InChI=1S/C18H17ClN4O2S/c1-3-25-15(24)8-11(2)22-23-17-16-14(9-26-18(16)21-10-20-17)12-4-6-13(19)7-5-12/h4-7,9-10H,3,8H2,1-2H3,(H,20,21,23)/b22-11+. The van der Waals surface area contributed by atoms with Crippen LogP contribution in [0.15, 0.2) is 41.1 Å². The highest BCUT2D eigenvalue weighted by Gasteiger charge is 2.13. The van der Waals surface area contributed by atoms with Crippen LogP contribution in [0.2, 0.25) is 5.02 Å². The number of nitrogens with zero attached hydrogens (tertiary/aromatic N) is 3. The number of rotatable bonds is 6. The molecular weight excluding hydrogens is 372 g/mol. The number of hydrogen-bond acceptors (Lipinski definition) is 7. The van der Waals surface area contributed by atoms with Crippen LogP contribution >= 0.6 is 22.9 Å². The third kappa shape index (κ3) is 4.17. The Morgan fingerprint density at radius 2 is 2.08 bits per heavy atom. The van der Waals surface area contributed by atoms with E-state index in [1.165, 1.54) is 17.7 Å². The summed E-state index contributed by atoms with van der Waals surface area (Å²) >= 11 is 7.51. The van der Waals surface area contributed by atoms with Gasteiger partial charge in [0.1, 0.15) is 11.2 Å². The summed E-state index contributed by atoms with van der Waals surface area (Å²) in [6.07, 6.45) is 1.62. The fourth-order valence-electron chi connectivity index (χ4n) is 2.41. The van der Waals surface area contributed by atoms with Gasteiger partial charge in [-0.1, -0.05) is 23.7 Å². The van der Waals surface area contributed by atoms with E-state index in [0.717, 1.165) is 21.3 Å². The first-order valence-electron chi connectivity index (χ1n) is 8.01. The lowest BCUT2D eigenvalue weighted by atomic mass is 10.1. The molecule has 1 aromatic carbocycles. The van der Waals surface area contributed by atoms with E-state index in [1.54, 1.807) is 13.8 Å². The van der Waals surface area contributed by atoms with Crippen LogP contribution in [-0.4, -0.2) is 28.3 Å². The fraction of sp³-hybridized carbons (Fsp3) is 0.222. The van der Waals surface area contributed by atoms with Crippen molar-refractivity contribution in [3.8, 4) is 11.1 Å².